The zero-order valence-corrected chi connectivity index (χ0v) is 5.25. The third-order valence-electron chi connectivity index (χ3n) is 1.54. The van der Waals surface area contributed by atoms with Crippen LogP contribution in [0.5, 0.6) is 0 Å². The summed E-state index contributed by atoms with van der Waals surface area (Å²) in [5.41, 5.74) is 0. The van der Waals surface area contributed by atoms with E-state index < -0.39 is 0 Å². The van der Waals surface area contributed by atoms with Crippen LogP contribution in [0.25, 0.3) is 0 Å². The van der Waals surface area contributed by atoms with Crippen LogP contribution in [-0.2, 0) is 0 Å². The highest BCUT2D eigenvalue weighted by atomic mass is 16.3. The third-order valence-corrected chi connectivity index (χ3v) is 1.54. The van der Waals surface area contributed by atoms with E-state index in [0.717, 1.165) is 13.0 Å². The van der Waals surface area contributed by atoms with Gasteiger partial charge in [-0.15, -0.1) is 0 Å². The Morgan fingerprint density at radius 3 is 3.00 bits per heavy atom. The fourth-order valence-corrected chi connectivity index (χ4v) is 1.06. The average Bonchev–Trinajstić information content (AvgIpc) is 2.17. The number of nitriles is 1. The van der Waals surface area contributed by atoms with Crippen molar-refractivity contribution in [2.75, 3.05) is 19.6 Å². The Hall–Kier alpha value is -0.590. The molecule has 1 N–H and O–H groups in total. The second-order valence-electron chi connectivity index (χ2n) is 2.34. The average molecular weight is 126 g/mol. The molecule has 0 amide bonds. The number of rotatable bonds is 1. The molecule has 1 unspecified atom stereocenters. The minimum Gasteiger partial charge on any atom is -0.392 e. The summed E-state index contributed by atoms with van der Waals surface area (Å²) in [5.74, 6) is 0. The Morgan fingerprint density at radius 2 is 2.56 bits per heavy atom. The van der Waals surface area contributed by atoms with Crippen molar-refractivity contribution in [1.82, 2.24) is 4.90 Å². The van der Waals surface area contributed by atoms with Crippen LogP contribution in [0.4, 0.5) is 0 Å². The van der Waals surface area contributed by atoms with Crippen LogP contribution < -0.4 is 0 Å². The van der Waals surface area contributed by atoms with Crippen molar-refractivity contribution in [1.29, 1.82) is 5.26 Å². The highest BCUT2D eigenvalue weighted by Gasteiger charge is 2.18. The van der Waals surface area contributed by atoms with Crippen LogP contribution in [0.3, 0.4) is 0 Å². The largest absolute Gasteiger partial charge is 0.392 e. The van der Waals surface area contributed by atoms with E-state index in [9.17, 15) is 0 Å². The molecule has 0 radical (unpaired) electrons. The van der Waals surface area contributed by atoms with Crippen LogP contribution in [-0.4, -0.2) is 35.7 Å². The molecule has 0 aromatic carbocycles. The summed E-state index contributed by atoms with van der Waals surface area (Å²) < 4.78 is 0. The normalized spacial score (nSPS) is 28.2. The van der Waals surface area contributed by atoms with Gasteiger partial charge in [-0.1, -0.05) is 0 Å². The molecule has 0 aliphatic carbocycles. The summed E-state index contributed by atoms with van der Waals surface area (Å²) in [5, 5.41) is 17.2. The molecule has 9 heavy (non-hydrogen) atoms. The standard InChI is InChI=1S/C6H10N2O/c7-2-4-8-3-1-6(9)5-8/h6,9H,1,3-5H2. The van der Waals surface area contributed by atoms with Gasteiger partial charge in [0.25, 0.3) is 0 Å². The first kappa shape index (κ1) is 6.53. The number of hydrogen-bond acceptors (Lipinski definition) is 3. The summed E-state index contributed by atoms with van der Waals surface area (Å²) in [6, 6.07) is 2.04. The van der Waals surface area contributed by atoms with Crippen molar-refractivity contribution in [2.45, 2.75) is 12.5 Å². The van der Waals surface area contributed by atoms with Gasteiger partial charge in [0.15, 0.2) is 0 Å². The number of likely N-dealkylation sites (tertiary alicyclic amines) is 1. The lowest BCUT2D eigenvalue weighted by Crippen LogP contribution is -2.21. The van der Waals surface area contributed by atoms with E-state index in [1.165, 1.54) is 0 Å². The van der Waals surface area contributed by atoms with E-state index in [-0.39, 0.29) is 6.10 Å². The minimum absolute atomic E-state index is 0.196. The Morgan fingerprint density at radius 1 is 1.78 bits per heavy atom. The Balaban J connectivity index is 2.24. The summed E-state index contributed by atoms with van der Waals surface area (Å²) in [6.45, 7) is 2.00. The van der Waals surface area contributed by atoms with Crippen molar-refractivity contribution < 1.29 is 5.11 Å². The lowest BCUT2D eigenvalue weighted by Gasteiger charge is -2.07. The van der Waals surface area contributed by atoms with Crippen LogP contribution in [0, 0.1) is 11.3 Å². The Labute approximate surface area is 54.5 Å². The lowest BCUT2D eigenvalue weighted by atomic mass is 10.3. The molecule has 0 aromatic heterocycles. The van der Waals surface area contributed by atoms with E-state index in [1.54, 1.807) is 0 Å². The second kappa shape index (κ2) is 2.81. The smallest absolute Gasteiger partial charge is 0.0866 e. The number of nitrogens with zero attached hydrogens (tertiary/aromatic N) is 2. The van der Waals surface area contributed by atoms with Gasteiger partial charge in [0, 0.05) is 13.1 Å². The van der Waals surface area contributed by atoms with Crippen LogP contribution in [0.1, 0.15) is 6.42 Å². The molecule has 1 saturated heterocycles. The Bertz CT molecular complexity index is 130. The maximum absolute atomic E-state index is 8.98. The predicted octanol–water partition coefficient (Wildman–Crippen LogP) is -0.423. The second-order valence-corrected chi connectivity index (χ2v) is 2.34. The maximum atomic E-state index is 8.98. The van der Waals surface area contributed by atoms with Gasteiger partial charge in [-0.2, -0.15) is 5.26 Å². The van der Waals surface area contributed by atoms with Gasteiger partial charge in [-0.25, -0.2) is 0 Å². The molecule has 0 spiro atoms. The fourth-order valence-electron chi connectivity index (χ4n) is 1.06. The topological polar surface area (TPSA) is 47.3 Å². The molecule has 0 saturated carbocycles. The van der Waals surface area contributed by atoms with Crippen LogP contribution in [0.15, 0.2) is 0 Å². The molecule has 0 bridgehead atoms. The van der Waals surface area contributed by atoms with Crippen molar-refractivity contribution in [3.8, 4) is 6.07 Å². The first-order chi connectivity index (χ1) is 4.33. The van der Waals surface area contributed by atoms with Gasteiger partial charge in [0.1, 0.15) is 0 Å². The summed E-state index contributed by atoms with van der Waals surface area (Å²) >= 11 is 0. The summed E-state index contributed by atoms with van der Waals surface area (Å²) in [6.07, 6.45) is 0.625. The Kier molecular flexibility index (Phi) is 2.04. The highest BCUT2D eigenvalue weighted by molar-refractivity contribution is 4.82. The molecule has 1 fully saturated rings. The van der Waals surface area contributed by atoms with E-state index in [0.29, 0.717) is 13.1 Å². The molecule has 1 aliphatic rings. The molecule has 3 nitrogen and oxygen atoms in total. The predicted molar refractivity (Wildman–Crippen MR) is 32.7 cm³/mol. The van der Waals surface area contributed by atoms with Crippen LogP contribution in [0.2, 0.25) is 0 Å². The minimum atomic E-state index is -0.196. The first-order valence-corrected chi connectivity index (χ1v) is 3.10. The lowest BCUT2D eigenvalue weighted by molar-refractivity contribution is 0.180. The third kappa shape index (κ3) is 1.67. The molecule has 1 heterocycles. The van der Waals surface area contributed by atoms with Gasteiger partial charge in [0.2, 0.25) is 0 Å². The SMILES string of the molecule is N#CCN1CCC(O)C1. The van der Waals surface area contributed by atoms with E-state index >= 15 is 0 Å². The number of aliphatic hydroxyl groups excluding tert-OH is 1. The molecule has 1 atom stereocenters. The van der Waals surface area contributed by atoms with Crippen molar-refractivity contribution in [3.05, 3.63) is 0 Å². The first-order valence-electron chi connectivity index (χ1n) is 3.10. The van der Waals surface area contributed by atoms with Crippen molar-refractivity contribution >= 4 is 0 Å². The monoisotopic (exact) mass is 126 g/mol. The van der Waals surface area contributed by atoms with E-state index in [1.807, 2.05) is 11.0 Å². The van der Waals surface area contributed by atoms with Crippen LogP contribution >= 0.6 is 0 Å². The number of aliphatic hydroxyl groups is 1. The molecule has 0 aromatic rings. The summed E-state index contributed by atoms with van der Waals surface area (Å²) in [4.78, 5) is 1.95. The van der Waals surface area contributed by atoms with E-state index in [2.05, 4.69) is 0 Å². The van der Waals surface area contributed by atoms with Gasteiger partial charge in [-0.05, 0) is 6.42 Å². The fraction of sp³-hybridized carbons (Fsp3) is 0.833. The molecule has 3 heteroatoms. The van der Waals surface area contributed by atoms with Crippen molar-refractivity contribution in [2.24, 2.45) is 0 Å². The van der Waals surface area contributed by atoms with Gasteiger partial charge in [0.05, 0.1) is 18.7 Å². The van der Waals surface area contributed by atoms with Crippen molar-refractivity contribution in [3.63, 3.8) is 0 Å². The number of hydrogen-bond donors (Lipinski definition) is 1. The molecular weight excluding hydrogens is 116 g/mol. The van der Waals surface area contributed by atoms with Gasteiger partial charge >= 0.3 is 0 Å². The quantitative estimate of drug-likeness (QED) is 0.485. The number of β-amino-alcohol motifs (C(OH)–C–C–N with tert-alkyl or cyclic N) is 1. The molecule has 1 aliphatic heterocycles. The molecule has 1 rings (SSSR count). The van der Waals surface area contributed by atoms with E-state index in [4.69, 9.17) is 10.4 Å². The highest BCUT2D eigenvalue weighted by Crippen LogP contribution is 2.06. The zero-order chi connectivity index (χ0) is 6.69. The summed E-state index contributed by atoms with van der Waals surface area (Å²) in [7, 11) is 0. The molecular formula is C6H10N2O. The zero-order valence-electron chi connectivity index (χ0n) is 5.25. The van der Waals surface area contributed by atoms with Gasteiger partial charge in [-0.3, -0.25) is 4.90 Å². The maximum Gasteiger partial charge on any atom is 0.0866 e. The van der Waals surface area contributed by atoms with Gasteiger partial charge < -0.3 is 5.11 Å². The molecule has 50 valence electrons.